The van der Waals surface area contributed by atoms with Gasteiger partial charge in [0.1, 0.15) is 0 Å². The van der Waals surface area contributed by atoms with Gasteiger partial charge in [-0.05, 0) is 50.5 Å². The lowest BCUT2D eigenvalue weighted by molar-refractivity contribution is 0.0616. The average Bonchev–Trinajstić information content (AvgIpc) is 3.08. The summed E-state index contributed by atoms with van der Waals surface area (Å²) >= 11 is 0. The van der Waals surface area contributed by atoms with Crippen molar-refractivity contribution in [3.8, 4) is 5.69 Å². The molecular formula is C19H24Cl2N6O. The highest BCUT2D eigenvalue weighted by Gasteiger charge is 2.29. The van der Waals surface area contributed by atoms with Crippen LogP contribution in [0.3, 0.4) is 0 Å². The lowest BCUT2D eigenvalue weighted by Gasteiger charge is -2.34. The molecule has 1 saturated heterocycles. The van der Waals surface area contributed by atoms with E-state index >= 15 is 0 Å². The second-order valence-electron chi connectivity index (χ2n) is 6.70. The molecule has 1 aliphatic rings. The van der Waals surface area contributed by atoms with Crippen molar-refractivity contribution in [1.29, 1.82) is 0 Å². The molecule has 1 aromatic carbocycles. The number of likely N-dealkylation sites (tertiary alicyclic amines) is 1. The lowest BCUT2D eigenvalue weighted by atomic mass is 10.0. The normalized spacial score (nSPS) is 16.4. The molecule has 4 rings (SSSR count). The third kappa shape index (κ3) is 3.97. The summed E-state index contributed by atoms with van der Waals surface area (Å²) in [7, 11) is 0. The summed E-state index contributed by atoms with van der Waals surface area (Å²) in [6.45, 7) is 3.09. The molecule has 0 spiro atoms. The van der Waals surface area contributed by atoms with Crippen molar-refractivity contribution in [2.24, 2.45) is 5.73 Å². The minimum absolute atomic E-state index is 0. The Kier molecular flexibility index (Phi) is 7.35. The van der Waals surface area contributed by atoms with E-state index in [0.717, 1.165) is 48.1 Å². The molecule has 0 aliphatic carbocycles. The maximum absolute atomic E-state index is 13.0. The van der Waals surface area contributed by atoms with Crippen LogP contribution in [0.5, 0.6) is 0 Å². The number of rotatable bonds is 3. The summed E-state index contributed by atoms with van der Waals surface area (Å²) in [5.41, 5.74) is 8.78. The van der Waals surface area contributed by atoms with Crippen LogP contribution in [-0.2, 0) is 0 Å². The van der Waals surface area contributed by atoms with Gasteiger partial charge < -0.3 is 10.6 Å². The van der Waals surface area contributed by atoms with Crippen molar-refractivity contribution in [3.05, 3.63) is 47.9 Å². The first-order chi connectivity index (χ1) is 12.7. The fourth-order valence-corrected chi connectivity index (χ4v) is 3.62. The first kappa shape index (κ1) is 22.1. The molecule has 28 heavy (non-hydrogen) atoms. The molecule has 3 aromatic rings. The summed E-state index contributed by atoms with van der Waals surface area (Å²) in [6.07, 6.45) is 4.84. The number of nitrogens with two attached hydrogens (primary N) is 1. The molecule has 1 amide bonds. The average molecular weight is 423 g/mol. The minimum atomic E-state index is -0.0774. The van der Waals surface area contributed by atoms with Gasteiger partial charge in [0, 0.05) is 30.7 Å². The molecule has 1 atom stereocenters. The van der Waals surface area contributed by atoms with Crippen molar-refractivity contribution < 1.29 is 4.79 Å². The van der Waals surface area contributed by atoms with Gasteiger partial charge >= 0.3 is 0 Å². The second-order valence-corrected chi connectivity index (χ2v) is 6.70. The Hall–Kier alpha value is -2.22. The van der Waals surface area contributed by atoms with Gasteiger partial charge in [0.25, 0.3) is 5.91 Å². The van der Waals surface area contributed by atoms with Crippen LogP contribution in [0.2, 0.25) is 0 Å². The van der Waals surface area contributed by atoms with E-state index in [1.165, 1.54) is 0 Å². The number of aromatic nitrogens is 4. The summed E-state index contributed by atoms with van der Waals surface area (Å²) < 4.78 is 1.71. The van der Waals surface area contributed by atoms with E-state index in [1.54, 1.807) is 10.9 Å². The zero-order chi connectivity index (χ0) is 18.1. The number of benzene rings is 1. The minimum Gasteiger partial charge on any atom is -0.333 e. The van der Waals surface area contributed by atoms with Crippen LogP contribution in [0.15, 0.2) is 36.5 Å². The zero-order valence-corrected chi connectivity index (χ0v) is 17.2. The number of amides is 1. The van der Waals surface area contributed by atoms with Crippen LogP contribution in [0.4, 0.5) is 0 Å². The largest absolute Gasteiger partial charge is 0.333 e. The molecule has 2 N–H and O–H groups in total. The van der Waals surface area contributed by atoms with Gasteiger partial charge in [0.2, 0.25) is 0 Å². The van der Waals surface area contributed by atoms with Crippen molar-refractivity contribution in [1.82, 2.24) is 24.9 Å². The molecule has 150 valence electrons. The molecule has 1 aliphatic heterocycles. The van der Waals surface area contributed by atoms with Gasteiger partial charge in [0.05, 0.1) is 16.9 Å². The number of hydrogen-bond acceptors (Lipinski definition) is 5. The summed E-state index contributed by atoms with van der Waals surface area (Å²) in [6, 6.07) is 9.88. The van der Waals surface area contributed by atoms with Crippen molar-refractivity contribution in [2.75, 3.05) is 13.1 Å². The second kappa shape index (κ2) is 9.32. The number of fused-ring (bicyclic) bond motifs is 1. The number of halogens is 2. The predicted octanol–water partition coefficient (Wildman–Crippen LogP) is 2.92. The van der Waals surface area contributed by atoms with Crippen molar-refractivity contribution in [2.45, 2.75) is 32.2 Å². The van der Waals surface area contributed by atoms with Gasteiger partial charge in [-0.25, -0.2) is 4.68 Å². The topological polar surface area (TPSA) is 89.9 Å². The van der Waals surface area contributed by atoms with E-state index < -0.39 is 0 Å². The van der Waals surface area contributed by atoms with Crippen LogP contribution >= 0.6 is 24.8 Å². The number of nitrogens with zero attached hydrogens (tertiary/aromatic N) is 5. The molecule has 1 unspecified atom stereocenters. The van der Waals surface area contributed by atoms with Gasteiger partial charge in [-0.15, -0.1) is 29.9 Å². The van der Waals surface area contributed by atoms with Crippen LogP contribution in [0.1, 0.15) is 35.4 Å². The number of hydrogen-bond donors (Lipinski definition) is 1. The lowest BCUT2D eigenvalue weighted by Crippen LogP contribution is -2.47. The Morgan fingerprint density at radius 3 is 2.86 bits per heavy atom. The number of pyridine rings is 1. The Bertz CT molecular complexity index is 961. The maximum atomic E-state index is 13.0. The standard InChI is InChI=1S/C19H22N6O.2ClH/c1-13-18(19(26)24-10-3-2-6-16(24)12-20)22-23-25(13)15-7-8-17-14(11-15)5-4-9-21-17;;/h4-5,7-9,11,16H,2-3,6,10,12,20H2,1H3;2*1H. The molecular weight excluding hydrogens is 399 g/mol. The quantitative estimate of drug-likeness (QED) is 0.700. The highest BCUT2D eigenvalue weighted by molar-refractivity contribution is 5.93. The van der Waals surface area contributed by atoms with E-state index in [1.807, 2.05) is 42.2 Å². The molecule has 7 nitrogen and oxygen atoms in total. The number of piperidine rings is 1. The Morgan fingerprint density at radius 1 is 1.25 bits per heavy atom. The fourth-order valence-electron chi connectivity index (χ4n) is 3.62. The zero-order valence-electron chi connectivity index (χ0n) is 15.6. The molecule has 1 fully saturated rings. The van der Waals surface area contributed by atoms with Crippen LogP contribution < -0.4 is 5.73 Å². The molecule has 0 bridgehead atoms. The highest BCUT2D eigenvalue weighted by Crippen LogP contribution is 2.22. The molecule has 0 saturated carbocycles. The number of carbonyl (C=O) groups is 1. The molecule has 3 heterocycles. The van der Waals surface area contributed by atoms with E-state index in [0.29, 0.717) is 12.2 Å². The third-order valence-corrected chi connectivity index (χ3v) is 5.09. The van der Waals surface area contributed by atoms with Crippen LogP contribution in [0.25, 0.3) is 16.6 Å². The van der Waals surface area contributed by atoms with Gasteiger partial charge in [0.15, 0.2) is 5.69 Å². The van der Waals surface area contributed by atoms with Gasteiger partial charge in [-0.1, -0.05) is 11.3 Å². The smallest absolute Gasteiger partial charge is 0.276 e. The van der Waals surface area contributed by atoms with E-state index in [9.17, 15) is 4.79 Å². The van der Waals surface area contributed by atoms with Crippen LogP contribution in [0, 0.1) is 6.92 Å². The fraction of sp³-hybridized carbons (Fsp3) is 0.368. The van der Waals surface area contributed by atoms with Gasteiger partial charge in [-0.2, -0.15) is 0 Å². The Morgan fingerprint density at radius 2 is 2.07 bits per heavy atom. The van der Waals surface area contributed by atoms with Gasteiger partial charge in [-0.3, -0.25) is 9.78 Å². The number of carbonyl (C=O) groups excluding carboxylic acids is 1. The Labute approximate surface area is 176 Å². The molecule has 2 aromatic heterocycles. The SMILES string of the molecule is Cc1c(C(=O)N2CCCCC2CN)nnn1-c1ccc2ncccc2c1.Cl.Cl. The highest BCUT2D eigenvalue weighted by atomic mass is 35.5. The first-order valence-corrected chi connectivity index (χ1v) is 8.97. The van der Waals surface area contributed by atoms with Crippen molar-refractivity contribution >= 4 is 41.6 Å². The third-order valence-electron chi connectivity index (χ3n) is 5.09. The van der Waals surface area contributed by atoms with Crippen LogP contribution in [-0.4, -0.2) is 49.9 Å². The predicted molar refractivity (Wildman–Crippen MR) is 114 cm³/mol. The van der Waals surface area contributed by atoms with E-state index in [-0.39, 0.29) is 36.8 Å². The monoisotopic (exact) mass is 422 g/mol. The van der Waals surface area contributed by atoms with E-state index in [2.05, 4.69) is 15.3 Å². The first-order valence-electron chi connectivity index (χ1n) is 8.97. The van der Waals surface area contributed by atoms with Crippen molar-refractivity contribution in [3.63, 3.8) is 0 Å². The molecule has 0 radical (unpaired) electrons. The Balaban J connectivity index is 0.00000140. The van der Waals surface area contributed by atoms with E-state index in [4.69, 9.17) is 5.73 Å². The maximum Gasteiger partial charge on any atom is 0.276 e. The summed E-state index contributed by atoms with van der Waals surface area (Å²) in [5, 5.41) is 9.43. The molecule has 9 heteroatoms. The summed E-state index contributed by atoms with van der Waals surface area (Å²) in [4.78, 5) is 19.2. The summed E-state index contributed by atoms with van der Waals surface area (Å²) in [5.74, 6) is -0.0774.